The van der Waals surface area contributed by atoms with Crippen molar-refractivity contribution in [3.8, 4) is 0 Å². The van der Waals surface area contributed by atoms with Gasteiger partial charge in [-0.25, -0.2) is 0 Å². The molecule has 1 unspecified atom stereocenters. The molecule has 0 spiro atoms. The lowest BCUT2D eigenvalue weighted by atomic mass is 9.90. The maximum atomic E-state index is 2.43. The Bertz CT molecular complexity index is 184. The van der Waals surface area contributed by atoms with Crippen LogP contribution in [0.25, 0.3) is 0 Å². The van der Waals surface area contributed by atoms with E-state index in [0.29, 0.717) is 0 Å². The predicted octanol–water partition coefficient (Wildman–Crippen LogP) is 3.70. The Morgan fingerprint density at radius 1 is 1.55 bits per heavy atom. The summed E-state index contributed by atoms with van der Waals surface area (Å²) in [6.07, 6.45) is 8.56. The Kier molecular flexibility index (Phi) is 2.92. The normalized spacial score (nSPS) is 24.5. The van der Waals surface area contributed by atoms with Gasteiger partial charge in [0.05, 0.1) is 0 Å². The summed E-state index contributed by atoms with van der Waals surface area (Å²) in [6.45, 7) is 6.76. The Morgan fingerprint density at radius 3 is 2.91 bits per heavy atom. The van der Waals surface area contributed by atoms with Crippen LogP contribution in [0.15, 0.2) is 23.3 Å². The van der Waals surface area contributed by atoms with Crippen molar-refractivity contribution in [1.82, 2.24) is 0 Å². The lowest BCUT2D eigenvalue weighted by Gasteiger charge is -2.16. The van der Waals surface area contributed by atoms with E-state index in [4.69, 9.17) is 0 Å². The van der Waals surface area contributed by atoms with Gasteiger partial charge in [0.2, 0.25) is 0 Å². The second-order valence-corrected chi connectivity index (χ2v) is 3.54. The highest BCUT2D eigenvalue weighted by molar-refractivity contribution is 5.32. The van der Waals surface area contributed by atoms with Crippen LogP contribution in [0.1, 0.15) is 40.0 Å². The van der Waals surface area contributed by atoms with E-state index < -0.39 is 0 Å². The molecule has 0 amide bonds. The molecular weight excluding hydrogens is 132 g/mol. The Balaban J connectivity index is 2.65. The maximum absolute atomic E-state index is 2.43. The van der Waals surface area contributed by atoms with Crippen LogP contribution in [0.2, 0.25) is 0 Å². The first-order chi connectivity index (χ1) is 5.24. The van der Waals surface area contributed by atoms with E-state index in [-0.39, 0.29) is 0 Å². The maximum Gasteiger partial charge on any atom is -0.0221 e. The summed E-state index contributed by atoms with van der Waals surface area (Å²) in [4.78, 5) is 0. The van der Waals surface area contributed by atoms with Gasteiger partial charge >= 0.3 is 0 Å². The topological polar surface area (TPSA) is 0 Å². The van der Waals surface area contributed by atoms with Crippen LogP contribution in [-0.2, 0) is 0 Å². The molecule has 1 aliphatic rings. The van der Waals surface area contributed by atoms with Gasteiger partial charge in [0, 0.05) is 0 Å². The van der Waals surface area contributed by atoms with Gasteiger partial charge in [-0.05, 0) is 31.3 Å². The molecule has 0 aromatic heterocycles. The number of allylic oxidation sites excluding steroid dienone is 4. The van der Waals surface area contributed by atoms with E-state index in [1.165, 1.54) is 24.8 Å². The highest BCUT2D eigenvalue weighted by atomic mass is 14.1. The van der Waals surface area contributed by atoms with E-state index >= 15 is 0 Å². The second kappa shape index (κ2) is 3.75. The van der Waals surface area contributed by atoms with E-state index in [2.05, 4.69) is 32.9 Å². The lowest BCUT2D eigenvalue weighted by Crippen LogP contribution is -1.99. The van der Waals surface area contributed by atoms with Crippen LogP contribution in [-0.4, -0.2) is 0 Å². The van der Waals surface area contributed by atoms with Crippen molar-refractivity contribution >= 4 is 0 Å². The fourth-order valence-electron chi connectivity index (χ4n) is 1.59. The summed E-state index contributed by atoms with van der Waals surface area (Å²) in [5.41, 5.74) is 3.08. The zero-order valence-electron chi connectivity index (χ0n) is 7.85. The molecule has 0 nitrogen and oxygen atoms in total. The minimum Gasteiger partial charge on any atom is -0.0808 e. The van der Waals surface area contributed by atoms with Crippen molar-refractivity contribution in [2.75, 3.05) is 0 Å². The third-order valence-corrected chi connectivity index (χ3v) is 2.31. The van der Waals surface area contributed by atoms with Crippen molar-refractivity contribution in [3.63, 3.8) is 0 Å². The van der Waals surface area contributed by atoms with Crippen LogP contribution >= 0.6 is 0 Å². The monoisotopic (exact) mass is 150 g/mol. The van der Waals surface area contributed by atoms with Crippen LogP contribution in [0.3, 0.4) is 0 Å². The molecular formula is C11H18. The van der Waals surface area contributed by atoms with Gasteiger partial charge in [0.15, 0.2) is 0 Å². The minimum atomic E-state index is 0.764. The highest BCUT2D eigenvalue weighted by Gasteiger charge is 2.07. The van der Waals surface area contributed by atoms with Gasteiger partial charge in [-0.1, -0.05) is 38.0 Å². The number of hydrogen-bond donors (Lipinski definition) is 0. The number of hydrogen-bond acceptors (Lipinski definition) is 0. The molecule has 0 bridgehead atoms. The van der Waals surface area contributed by atoms with Crippen LogP contribution in [0.5, 0.6) is 0 Å². The first-order valence-corrected chi connectivity index (χ1v) is 4.62. The molecule has 0 aromatic rings. The molecule has 0 aliphatic heterocycles. The molecule has 1 rings (SSSR count). The van der Waals surface area contributed by atoms with Crippen molar-refractivity contribution in [3.05, 3.63) is 23.3 Å². The summed E-state index contributed by atoms with van der Waals surface area (Å²) in [5.74, 6) is 0.764. The van der Waals surface area contributed by atoms with Crippen LogP contribution in [0.4, 0.5) is 0 Å². The molecule has 0 N–H and O–H groups in total. The molecule has 0 radical (unpaired) electrons. The first-order valence-electron chi connectivity index (χ1n) is 4.62. The molecule has 1 aliphatic carbocycles. The average Bonchev–Trinajstić information content (AvgIpc) is 1.98. The summed E-state index contributed by atoms with van der Waals surface area (Å²) in [7, 11) is 0. The first kappa shape index (κ1) is 8.58. The van der Waals surface area contributed by atoms with E-state index in [1.807, 2.05) is 0 Å². The Labute approximate surface area is 70.0 Å². The predicted molar refractivity (Wildman–Crippen MR) is 50.5 cm³/mol. The van der Waals surface area contributed by atoms with Crippen molar-refractivity contribution in [2.45, 2.75) is 40.0 Å². The van der Waals surface area contributed by atoms with Gasteiger partial charge in [-0.15, -0.1) is 0 Å². The molecule has 11 heavy (non-hydrogen) atoms. The quantitative estimate of drug-likeness (QED) is 0.563. The molecule has 0 saturated carbocycles. The Morgan fingerprint density at radius 2 is 2.27 bits per heavy atom. The van der Waals surface area contributed by atoms with E-state index in [0.717, 1.165) is 5.92 Å². The fraction of sp³-hybridized carbons (Fsp3) is 0.636. The summed E-state index contributed by atoms with van der Waals surface area (Å²) < 4.78 is 0. The zero-order valence-corrected chi connectivity index (χ0v) is 7.85. The van der Waals surface area contributed by atoms with Gasteiger partial charge in [0.1, 0.15) is 0 Å². The van der Waals surface area contributed by atoms with Crippen molar-refractivity contribution in [1.29, 1.82) is 0 Å². The van der Waals surface area contributed by atoms with Gasteiger partial charge in [0.25, 0.3) is 0 Å². The molecule has 62 valence electrons. The van der Waals surface area contributed by atoms with Gasteiger partial charge in [-0.3, -0.25) is 0 Å². The summed E-state index contributed by atoms with van der Waals surface area (Å²) >= 11 is 0. The third kappa shape index (κ3) is 2.21. The van der Waals surface area contributed by atoms with E-state index in [9.17, 15) is 0 Å². The van der Waals surface area contributed by atoms with Crippen molar-refractivity contribution in [2.24, 2.45) is 5.92 Å². The summed E-state index contributed by atoms with van der Waals surface area (Å²) in [6, 6.07) is 0. The van der Waals surface area contributed by atoms with E-state index in [1.54, 1.807) is 5.57 Å². The third-order valence-electron chi connectivity index (χ3n) is 2.31. The molecule has 1 atom stereocenters. The van der Waals surface area contributed by atoms with Crippen molar-refractivity contribution < 1.29 is 0 Å². The molecule has 0 heteroatoms. The van der Waals surface area contributed by atoms with Crippen LogP contribution < -0.4 is 0 Å². The standard InChI is InChI=1S/C11H18/c1-4-5-11-8-9(2)6-7-10(11)3/h7-9H,4-6H2,1-3H3. The average molecular weight is 150 g/mol. The molecule has 0 fully saturated rings. The minimum absolute atomic E-state index is 0.764. The number of rotatable bonds is 2. The SMILES string of the molecule is CCCC1=CC(C)CC=C1C. The zero-order chi connectivity index (χ0) is 8.27. The smallest absolute Gasteiger partial charge is 0.0221 e. The molecule has 0 saturated heterocycles. The largest absolute Gasteiger partial charge is 0.0808 e. The summed E-state index contributed by atoms with van der Waals surface area (Å²) in [5, 5.41) is 0. The van der Waals surface area contributed by atoms with Gasteiger partial charge in [-0.2, -0.15) is 0 Å². The lowest BCUT2D eigenvalue weighted by molar-refractivity contribution is 0.709. The highest BCUT2D eigenvalue weighted by Crippen LogP contribution is 2.25. The van der Waals surface area contributed by atoms with Crippen LogP contribution in [0, 0.1) is 5.92 Å². The molecule has 0 heterocycles. The second-order valence-electron chi connectivity index (χ2n) is 3.54. The fourth-order valence-corrected chi connectivity index (χ4v) is 1.59. The molecule has 0 aromatic carbocycles. The Hall–Kier alpha value is -0.520. The van der Waals surface area contributed by atoms with Gasteiger partial charge < -0.3 is 0 Å².